The molecule has 0 heterocycles. The molecule has 3 nitrogen and oxygen atoms in total. The molecule has 4 aliphatic rings. The van der Waals surface area contributed by atoms with Crippen LogP contribution in [0.15, 0.2) is 11.3 Å². The second-order valence-corrected chi connectivity index (χ2v) is 5.62. The van der Waals surface area contributed by atoms with Gasteiger partial charge in [-0.05, 0) is 61.7 Å². The van der Waals surface area contributed by atoms with Crippen LogP contribution < -0.4 is 16.6 Å². The van der Waals surface area contributed by atoms with E-state index in [0.717, 1.165) is 17.8 Å². The first-order valence-electron chi connectivity index (χ1n) is 5.75. The molecule has 2 unspecified atom stereocenters. The molecule has 0 spiro atoms. The lowest BCUT2D eigenvalue weighted by molar-refractivity contribution is 0.149. The topological polar surface area (TPSA) is 50.1 Å². The van der Waals surface area contributed by atoms with Crippen LogP contribution in [-0.4, -0.2) is 5.11 Å². The summed E-state index contributed by atoms with van der Waals surface area (Å²) < 4.78 is 0. The third-order valence-corrected chi connectivity index (χ3v) is 4.18. The molecule has 4 rings (SSSR count). The number of hydrogen-bond acceptors (Lipinski definition) is 2. The quantitative estimate of drug-likeness (QED) is 0.489. The van der Waals surface area contributed by atoms with Gasteiger partial charge in [0, 0.05) is 11.6 Å². The Kier molecular flexibility index (Phi) is 2.12. The molecule has 2 atom stereocenters. The van der Waals surface area contributed by atoms with Crippen molar-refractivity contribution in [2.24, 2.45) is 23.5 Å². The normalized spacial score (nSPS) is 36.9. The molecule has 2 saturated carbocycles. The summed E-state index contributed by atoms with van der Waals surface area (Å²) in [6.45, 7) is 0. The van der Waals surface area contributed by atoms with E-state index in [9.17, 15) is 0 Å². The Morgan fingerprint density at radius 3 is 2.40 bits per heavy atom. The second-order valence-electron chi connectivity index (χ2n) is 5.18. The third kappa shape index (κ3) is 1.61. The van der Waals surface area contributed by atoms with Gasteiger partial charge in [-0.25, -0.2) is 0 Å². The number of allylic oxidation sites excluding steroid dienone is 2. The van der Waals surface area contributed by atoms with E-state index in [0.29, 0.717) is 5.11 Å². The van der Waals surface area contributed by atoms with Crippen molar-refractivity contribution in [1.29, 1.82) is 0 Å². The standard InChI is InChI=1S/C11H17N3S/c12-11(15)14-13-10-8-2-6-1-7(4-8)5-9(10)3-6/h6-8,13H,1-5H2,(H3,12,14,15). The smallest absolute Gasteiger partial charge is 0.182 e. The molecule has 0 radical (unpaired) electrons. The highest BCUT2D eigenvalue weighted by Gasteiger charge is 2.41. The van der Waals surface area contributed by atoms with E-state index < -0.39 is 0 Å². The number of nitrogens with two attached hydrogens (primary N) is 1. The first kappa shape index (κ1) is 9.46. The average Bonchev–Trinajstić information content (AvgIpc) is 2.14. The Hall–Kier alpha value is -0.770. The third-order valence-electron chi connectivity index (χ3n) is 4.08. The minimum atomic E-state index is 0.330. The fraction of sp³-hybridized carbons (Fsp3) is 0.727. The van der Waals surface area contributed by atoms with Gasteiger partial charge in [0.15, 0.2) is 5.11 Å². The van der Waals surface area contributed by atoms with Crippen molar-refractivity contribution in [2.45, 2.75) is 32.1 Å². The molecule has 2 fully saturated rings. The van der Waals surface area contributed by atoms with Gasteiger partial charge in [0.1, 0.15) is 0 Å². The molecule has 15 heavy (non-hydrogen) atoms. The number of rotatable bonds is 2. The molecule has 0 aromatic heterocycles. The van der Waals surface area contributed by atoms with Crippen molar-refractivity contribution in [3.05, 3.63) is 11.3 Å². The highest BCUT2D eigenvalue weighted by Crippen LogP contribution is 2.52. The molecule has 0 aromatic carbocycles. The highest BCUT2D eigenvalue weighted by atomic mass is 32.1. The predicted molar refractivity (Wildman–Crippen MR) is 63.6 cm³/mol. The maximum absolute atomic E-state index is 5.43. The molecule has 0 aliphatic heterocycles. The summed E-state index contributed by atoms with van der Waals surface area (Å²) in [5.74, 6) is 2.67. The number of hydrogen-bond donors (Lipinski definition) is 3. The van der Waals surface area contributed by atoms with E-state index in [1.807, 2.05) is 0 Å². The summed E-state index contributed by atoms with van der Waals surface area (Å²) in [4.78, 5) is 0. The van der Waals surface area contributed by atoms with Crippen LogP contribution in [0.3, 0.4) is 0 Å². The predicted octanol–water partition coefficient (Wildman–Crippen LogP) is 1.42. The second kappa shape index (κ2) is 3.37. The summed E-state index contributed by atoms with van der Waals surface area (Å²) in [5.41, 5.74) is 14.6. The van der Waals surface area contributed by atoms with E-state index in [-0.39, 0.29) is 0 Å². The van der Waals surface area contributed by atoms with Crippen molar-refractivity contribution >= 4 is 17.3 Å². The molecule has 4 aliphatic carbocycles. The lowest BCUT2D eigenvalue weighted by Gasteiger charge is -2.47. The molecule has 0 aromatic rings. The van der Waals surface area contributed by atoms with Crippen LogP contribution in [0.2, 0.25) is 0 Å². The van der Waals surface area contributed by atoms with Crippen LogP contribution in [-0.2, 0) is 0 Å². The first-order valence-corrected chi connectivity index (χ1v) is 6.16. The van der Waals surface area contributed by atoms with E-state index in [2.05, 4.69) is 10.9 Å². The Morgan fingerprint density at radius 1 is 1.20 bits per heavy atom. The Bertz CT molecular complexity index is 321. The van der Waals surface area contributed by atoms with Crippen LogP contribution in [0.25, 0.3) is 0 Å². The Labute approximate surface area is 95.5 Å². The summed E-state index contributed by atoms with van der Waals surface area (Å²) in [6.07, 6.45) is 6.79. The van der Waals surface area contributed by atoms with Gasteiger partial charge < -0.3 is 11.2 Å². The van der Waals surface area contributed by atoms with Crippen molar-refractivity contribution in [2.75, 3.05) is 0 Å². The number of hydrazine groups is 1. The van der Waals surface area contributed by atoms with Crippen LogP contribution in [0.4, 0.5) is 0 Å². The molecular formula is C11H17N3S. The van der Waals surface area contributed by atoms with Crippen molar-refractivity contribution in [1.82, 2.24) is 10.9 Å². The van der Waals surface area contributed by atoms with E-state index >= 15 is 0 Å². The van der Waals surface area contributed by atoms with Crippen LogP contribution in [0.1, 0.15) is 32.1 Å². The fourth-order valence-electron chi connectivity index (χ4n) is 3.74. The zero-order chi connectivity index (χ0) is 10.4. The van der Waals surface area contributed by atoms with Gasteiger partial charge in [-0.2, -0.15) is 0 Å². The van der Waals surface area contributed by atoms with Crippen LogP contribution in [0.5, 0.6) is 0 Å². The molecular weight excluding hydrogens is 206 g/mol. The lowest BCUT2D eigenvalue weighted by Crippen LogP contribution is -2.47. The summed E-state index contributed by atoms with van der Waals surface area (Å²) in [7, 11) is 0. The van der Waals surface area contributed by atoms with Gasteiger partial charge >= 0.3 is 0 Å². The SMILES string of the molecule is NC(=S)NNC1=C2CC3CC(C2)CC1C3. The van der Waals surface area contributed by atoms with Crippen LogP contribution >= 0.6 is 12.2 Å². The average molecular weight is 223 g/mol. The summed E-state index contributed by atoms with van der Waals surface area (Å²) in [5, 5.41) is 0.330. The minimum Gasteiger partial charge on any atom is -0.375 e. The van der Waals surface area contributed by atoms with Gasteiger partial charge in [-0.3, -0.25) is 5.43 Å². The van der Waals surface area contributed by atoms with E-state index in [4.69, 9.17) is 18.0 Å². The monoisotopic (exact) mass is 223 g/mol. The highest BCUT2D eigenvalue weighted by molar-refractivity contribution is 7.80. The first-order chi connectivity index (χ1) is 7.22. The van der Waals surface area contributed by atoms with Crippen molar-refractivity contribution in [3.8, 4) is 0 Å². The maximum atomic E-state index is 5.43. The van der Waals surface area contributed by atoms with Gasteiger partial charge in [0.05, 0.1) is 0 Å². The maximum Gasteiger partial charge on any atom is 0.182 e. The summed E-state index contributed by atoms with van der Waals surface area (Å²) >= 11 is 4.81. The summed E-state index contributed by atoms with van der Waals surface area (Å²) in [6, 6.07) is 0. The molecule has 0 saturated heterocycles. The van der Waals surface area contributed by atoms with Crippen LogP contribution in [0, 0.1) is 17.8 Å². The largest absolute Gasteiger partial charge is 0.375 e. The number of nitrogens with one attached hydrogen (secondary N) is 2. The van der Waals surface area contributed by atoms with Crippen molar-refractivity contribution in [3.63, 3.8) is 0 Å². The zero-order valence-electron chi connectivity index (χ0n) is 8.75. The molecule has 0 amide bonds. The lowest BCUT2D eigenvalue weighted by atomic mass is 9.60. The van der Waals surface area contributed by atoms with Crippen molar-refractivity contribution < 1.29 is 0 Å². The minimum absolute atomic E-state index is 0.330. The van der Waals surface area contributed by atoms with Gasteiger partial charge in [0.2, 0.25) is 0 Å². The molecule has 4 heteroatoms. The van der Waals surface area contributed by atoms with Gasteiger partial charge in [-0.15, -0.1) is 0 Å². The van der Waals surface area contributed by atoms with E-state index in [1.165, 1.54) is 37.8 Å². The molecule has 4 N–H and O–H groups in total. The Morgan fingerprint density at radius 2 is 1.87 bits per heavy atom. The fourth-order valence-corrected chi connectivity index (χ4v) is 3.79. The van der Waals surface area contributed by atoms with Gasteiger partial charge in [-0.1, -0.05) is 0 Å². The zero-order valence-corrected chi connectivity index (χ0v) is 9.57. The number of thiocarbonyl (C=S) groups is 1. The van der Waals surface area contributed by atoms with Gasteiger partial charge in [0.25, 0.3) is 0 Å². The van der Waals surface area contributed by atoms with E-state index in [1.54, 1.807) is 5.57 Å². The molecule has 4 bridgehead atoms. The Balaban J connectivity index is 1.79. The molecule has 82 valence electrons.